The number of anilines is 1. The van der Waals surface area contributed by atoms with Gasteiger partial charge in [-0.3, -0.25) is 4.72 Å². The highest BCUT2D eigenvalue weighted by molar-refractivity contribution is 7.90. The van der Waals surface area contributed by atoms with Crippen molar-refractivity contribution < 1.29 is 17.9 Å². The number of hydrogen-bond acceptors (Lipinski definition) is 3. The van der Waals surface area contributed by atoms with Crippen LogP contribution in [0.2, 0.25) is 0 Å². The third-order valence-electron chi connectivity index (χ3n) is 2.72. The third kappa shape index (κ3) is 5.01. The number of halogens is 1. The summed E-state index contributed by atoms with van der Waals surface area (Å²) < 4.78 is 41.4. The summed E-state index contributed by atoms with van der Waals surface area (Å²) in [4.78, 5) is 0. The van der Waals surface area contributed by atoms with Crippen LogP contribution in [0.4, 0.5) is 10.1 Å². The molecule has 0 saturated heterocycles. The van der Waals surface area contributed by atoms with Crippen LogP contribution in [0.1, 0.15) is 25.8 Å². The van der Waals surface area contributed by atoms with Crippen LogP contribution in [0.5, 0.6) is 0 Å². The van der Waals surface area contributed by atoms with Crippen molar-refractivity contribution in [2.75, 3.05) is 24.4 Å². The number of nitrogens with one attached hydrogen (secondary N) is 1. The largest absolute Gasteiger partial charge is 0.395 e. The first-order valence-corrected chi connectivity index (χ1v) is 8.05. The molecule has 0 aliphatic heterocycles. The summed E-state index contributed by atoms with van der Waals surface area (Å²) in [6.45, 7) is 4.05. The van der Waals surface area contributed by atoms with Crippen molar-refractivity contribution in [1.29, 1.82) is 0 Å². The van der Waals surface area contributed by atoms with Crippen molar-refractivity contribution in [3.05, 3.63) is 29.6 Å². The van der Waals surface area contributed by atoms with Gasteiger partial charge in [-0.1, -0.05) is 25.7 Å². The quantitative estimate of drug-likeness (QED) is 0.783. The number of aliphatic hydroxyl groups excluding tert-OH is 1. The molecule has 0 spiro atoms. The molecule has 1 aromatic carbocycles. The van der Waals surface area contributed by atoms with E-state index in [0.717, 1.165) is 6.07 Å². The fraction of sp³-hybridized carbons (Fsp3) is 0.429. The number of hydrogen-bond donors (Lipinski definition) is 2. The molecule has 0 saturated carbocycles. The van der Waals surface area contributed by atoms with Crippen LogP contribution in [0.15, 0.2) is 18.2 Å². The fourth-order valence-corrected chi connectivity index (χ4v) is 2.91. The highest BCUT2D eigenvalue weighted by Crippen LogP contribution is 2.16. The molecule has 0 radical (unpaired) electrons. The molecular formula is C14H19FN2O3S. The van der Waals surface area contributed by atoms with Gasteiger partial charge in [0.05, 0.1) is 17.9 Å². The van der Waals surface area contributed by atoms with Gasteiger partial charge in [0.25, 0.3) is 0 Å². The van der Waals surface area contributed by atoms with E-state index in [9.17, 15) is 12.8 Å². The van der Waals surface area contributed by atoms with Crippen LogP contribution in [-0.4, -0.2) is 37.5 Å². The second kappa shape index (κ2) is 7.98. The molecule has 0 aliphatic rings. The van der Waals surface area contributed by atoms with E-state index in [4.69, 9.17) is 5.11 Å². The maximum atomic E-state index is 13.6. The van der Waals surface area contributed by atoms with Crippen molar-refractivity contribution in [1.82, 2.24) is 4.31 Å². The van der Waals surface area contributed by atoms with Crippen molar-refractivity contribution >= 4 is 15.9 Å². The smallest absolute Gasteiger partial charge is 0.301 e. The minimum Gasteiger partial charge on any atom is -0.395 e. The van der Waals surface area contributed by atoms with Gasteiger partial charge in [0, 0.05) is 19.5 Å². The summed E-state index contributed by atoms with van der Waals surface area (Å²) in [6, 6.07) is 3.83. The molecule has 0 aromatic heterocycles. The average Bonchev–Trinajstić information content (AvgIpc) is 2.43. The Morgan fingerprint density at radius 2 is 2.00 bits per heavy atom. The second-order valence-electron chi connectivity index (χ2n) is 4.16. The lowest BCUT2D eigenvalue weighted by Crippen LogP contribution is -2.35. The Bertz CT molecular complexity index is 631. The Balaban J connectivity index is 3.01. The molecule has 2 N–H and O–H groups in total. The second-order valence-corrected chi connectivity index (χ2v) is 5.83. The lowest BCUT2D eigenvalue weighted by atomic mass is 10.2. The molecule has 21 heavy (non-hydrogen) atoms. The highest BCUT2D eigenvalue weighted by atomic mass is 32.2. The monoisotopic (exact) mass is 314 g/mol. The van der Waals surface area contributed by atoms with Crippen LogP contribution in [0, 0.1) is 17.7 Å². The first-order chi connectivity index (χ1) is 9.94. The number of aliphatic hydroxyl groups is 1. The van der Waals surface area contributed by atoms with E-state index in [1.54, 1.807) is 13.8 Å². The van der Waals surface area contributed by atoms with Crippen molar-refractivity contribution in [3.63, 3.8) is 0 Å². The van der Waals surface area contributed by atoms with Gasteiger partial charge in [-0.2, -0.15) is 12.7 Å². The van der Waals surface area contributed by atoms with Crippen molar-refractivity contribution in [3.8, 4) is 11.8 Å². The van der Waals surface area contributed by atoms with Gasteiger partial charge in [0.2, 0.25) is 0 Å². The maximum absolute atomic E-state index is 13.6. The highest BCUT2D eigenvalue weighted by Gasteiger charge is 2.18. The van der Waals surface area contributed by atoms with E-state index in [1.165, 1.54) is 16.4 Å². The molecule has 7 heteroatoms. The minimum absolute atomic E-state index is 0.0863. The number of benzene rings is 1. The Morgan fingerprint density at radius 3 is 2.57 bits per heavy atom. The maximum Gasteiger partial charge on any atom is 0.301 e. The average molecular weight is 314 g/mol. The van der Waals surface area contributed by atoms with Gasteiger partial charge in [-0.05, 0) is 18.2 Å². The molecule has 0 unspecified atom stereocenters. The topological polar surface area (TPSA) is 69.6 Å². The first kappa shape index (κ1) is 17.4. The zero-order valence-corrected chi connectivity index (χ0v) is 12.9. The van der Waals surface area contributed by atoms with Gasteiger partial charge in [0.1, 0.15) is 5.82 Å². The van der Waals surface area contributed by atoms with E-state index >= 15 is 0 Å². The van der Waals surface area contributed by atoms with Gasteiger partial charge in [-0.15, -0.1) is 0 Å². The van der Waals surface area contributed by atoms with Crippen molar-refractivity contribution in [2.24, 2.45) is 0 Å². The van der Waals surface area contributed by atoms with Crippen LogP contribution >= 0.6 is 0 Å². The summed E-state index contributed by atoms with van der Waals surface area (Å²) in [5, 5.41) is 8.64. The molecule has 0 aliphatic carbocycles. The molecule has 0 heterocycles. The lowest BCUT2D eigenvalue weighted by Gasteiger charge is -2.19. The molecule has 0 bridgehead atoms. The molecular weight excluding hydrogens is 295 g/mol. The molecule has 116 valence electrons. The summed E-state index contributed by atoms with van der Waals surface area (Å²) >= 11 is 0. The summed E-state index contributed by atoms with van der Waals surface area (Å²) in [5.74, 6) is 4.63. The number of nitrogens with zero attached hydrogens (tertiary/aromatic N) is 1. The predicted molar refractivity (Wildman–Crippen MR) is 80.4 cm³/mol. The van der Waals surface area contributed by atoms with Crippen LogP contribution in [0.25, 0.3) is 0 Å². The van der Waals surface area contributed by atoms with Crippen molar-refractivity contribution in [2.45, 2.75) is 20.3 Å². The normalized spacial score (nSPS) is 11.1. The summed E-state index contributed by atoms with van der Waals surface area (Å²) in [7, 11) is -3.66. The molecule has 1 rings (SSSR count). The predicted octanol–water partition coefficient (Wildman–Crippen LogP) is 1.56. The van der Waals surface area contributed by atoms with Crippen LogP contribution in [-0.2, 0) is 10.2 Å². The van der Waals surface area contributed by atoms with Gasteiger partial charge >= 0.3 is 10.2 Å². The molecule has 0 amide bonds. The first-order valence-electron chi connectivity index (χ1n) is 6.61. The molecule has 0 atom stereocenters. The molecule has 0 fully saturated rings. The van der Waals surface area contributed by atoms with Gasteiger partial charge in [0.15, 0.2) is 0 Å². The third-order valence-corrected chi connectivity index (χ3v) is 4.41. The van der Waals surface area contributed by atoms with Gasteiger partial charge < -0.3 is 5.11 Å². The van der Waals surface area contributed by atoms with Crippen LogP contribution < -0.4 is 4.72 Å². The van der Waals surface area contributed by atoms with E-state index in [2.05, 4.69) is 16.6 Å². The Morgan fingerprint density at radius 1 is 1.33 bits per heavy atom. The summed E-state index contributed by atoms with van der Waals surface area (Å²) in [6.07, 6.45) is 0.231. The lowest BCUT2D eigenvalue weighted by molar-refractivity contribution is 0.305. The molecule has 1 aromatic rings. The van der Waals surface area contributed by atoms with Crippen LogP contribution in [0.3, 0.4) is 0 Å². The summed E-state index contributed by atoms with van der Waals surface area (Å²) in [5.41, 5.74) is 0.333. The fourth-order valence-electron chi connectivity index (χ4n) is 1.68. The standard InChI is InChI=1S/C14H19FN2O3S/c1-3-17(4-2)21(19,20)16-13-8-9-14(15)12(11-13)7-5-6-10-18/h8-9,11,16,18H,3-4,6,10H2,1-2H3. The van der Waals surface area contributed by atoms with E-state index in [-0.39, 0.29) is 24.3 Å². The Hall–Kier alpha value is -1.62. The van der Waals surface area contributed by atoms with E-state index in [1.807, 2.05) is 0 Å². The Labute approximate surface area is 125 Å². The zero-order chi connectivity index (χ0) is 15.9. The zero-order valence-electron chi connectivity index (χ0n) is 12.1. The Kier molecular flexibility index (Phi) is 6.62. The van der Waals surface area contributed by atoms with E-state index < -0.39 is 16.0 Å². The van der Waals surface area contributed by atoms with E-state index in [0.29, 0.717) is 13.1 Å². The molecule has 5 nitrogen and oxygen atoms in total. The minimum atomic E-state index is -3.66. The van der Waals surface area contributed by atoms with Gasteiger partial charge in [-0.25, -0.2) is 4.39 Å². The number of rotatable bonds is 6. The SMILES string of the molecule is CCN(CC)S(=O)(=O)Nc1ccc(F)c(C#CCCO)c1.